The summed E-state index contributed by atoms with van der Waals surface area (Å²) in [7, 11) is 0. The first kappa shape index (κ1) is 21.4. The first-order chi connectivity index (χ1) is 14.7. The summed E-state index contributed by atoms with van der Waals surface area (Å²) in [5.74, 6) is -1.99. The lowest BCUT2D eigenvalue weighted by Crippen LogP contribution is -2.50. The first-order valence-corrected chi connectivity index (χ1v) is 9.19. The van der Waals surface area contributed by atoms with Crippen LogP contribution >= 0.6 is 0 Å². The van der Waals surface area contributed by atoms with Crippen LogP contribution in [0.2, 0.25) is 0 Å². The lowest BCUT2D eigenvalue weighted by Gasteiger charge is -2.27. The van der Waals surface area contributed by atoms with Crippen molar-refractivity contribution in [3.8, 4) is 0 Å². The summed E-state index contributed by atoms with van der Waals surface area (Å²) in [6.07, 6.45) is 0.215. The molecule has 160 valence electrons. The molecule has 0 unspecified atom stereocenters. The molecule has 0 aromatic heterocycles. The van der Waals surface area contributed by atoms with Gasteiger partial charge >= 0.3 is 5.97 Å². The number of hydrogen-bond donors (Lipinski definition) is 2. The number of esters is 1. The van der Waals surface area contributed by atoms with E-state index in [-0.39, 0.29) is 41.6 Å². The third kappa shape index (κ3) is 5.21. The van der Waals surface area contributed by atoms with Crippen LogP contribution in [0.15, 0.2) is 42.5 Å². The zero-order valence-corrected chi connectivity index (χ0v) is 16.4. The molecule has 2 aromatic rings. The van der Waals surface area contributed by atoms with Crippen LogP contribution in [-0.2, 0) is 19.1 Å². The number of amides is 3. The molecule has 0 radical (unpaired) electrons. The Bertz CT molecular complexity index is 1070. The van der Waals surface area contributed by atoms with Gasteiger partial charge in [0.25, 0.3) is 11.6 Å². The minimum absolute atomic E-state index is 0.0920. The molecule has 3 amide bonds. The van der Waals surface area contributed by atoms with E-state index in [2.05, 4.69) is 10.7 Å². The molecule has 0 spiro atoms. The number of hydrazine groups is 1. The van der Waals surface area contributed by atoms with Crippen molar-refractivity contribution in [3.63, 3.8) is 0 Å². The average molecular weight is 426 g/mol. The van der Waals surface area contributed by atoms with Gasteiger partial charge in [-0.3, -0.25) is 29.9 Å². The summed E-state index contributed by atoms with van der Waals surface area (Å²) in [6.45, 7) is 1.08. The minimum Gasteiger partial charge on any atom is -0.452 e. The Kier molecular flexibility index (Phi) is 6.24. The van der Waals surface area contributed by atoms with Gasteiger partial charge in [-0.05, 0) is 36.8 Å². The van der Waals surface area contributed by atoms with Gasteiger partial charge in [-0.25, -0.2) is 9.80 Å². The number of nitro groups is 1. The number of carbonyl (C=O) groups excluding carboxylic acids is 4. The van der Waals surface area contributed by atoms with Crippen LogP contribution in [0.5, 0.6) is 0 Å². The van der Waals surface area contributed by atoms with Crippen molar-refractivity contribution >= 4 is 40.8 Å². The van der Waals surface area contributed by atoms with Crippen molar-refractivity contribution in [2.75, 3.05) is 16.9 Å². The molecule has 31 heavy (non-hydrogen) atoms. The van der Waals surface area contributed by atoms with Gasteiger partial charge in [-0.1, -0.05) is 6.07 Å². The number of non-ortho nitro benzene ring substituents is 1. The maximum Gasteiger partial charge on any atom is 0.338 e. The second-order valence-electron chi connectivity index (χ2n) is 6.69. The SMILES string of the molecule is Cc1ccc([N+](=O)[O-])cc1NC(=O)COC(=O)c1ccc(N2NC(=O)CCC2=O)cc1. The van der Waals surface area contributed by atoms with Gasteiger partial charge in [0.05, 0.1) is 21.9 Å². The summed E-state index contributed by atoms with van der Waals surface area (Å²) in [5.41, 5.74) is 3.64. The highest BCUT2D eigenvalue weighted by atomic mass is 16.6. The van der Waals surface area contributed by atoms with E-state index in [0.717, 1.165) is 5.01 Å². The van der Waals surface area contributed by atoms with Crippen LogP contribution in [0.25, 0.3) is 0 Å². The fourth-order valence-corrected chi connectivity index (χ4v) is 2.79. The highest BCUT2D eigenvalue weighted by Gasteiger charge is 2.24. The minimum atomic E-state index is -0.772. The Morgan fingerprint density at radius 2 is 1.87 bits per heavy atom. The standard InChI is InChI=1S/C20H18N4O7/c1-12-2-5-15(24(29)30)10-16(12)21-18(26)11-31-20(28)13-3-6-14(7-4-13)23-19(27)9-8-17(25)22-23/h2-7,10H,8-9,11H2,1H3,(H,21,26)(H,22,25). The number of ether oxygens (including phenoxy) is 1. The predicted molar refractivity (Wildman–Crippen MR) is 108 cm³/mol. The predicted octanol–water partition coefficient (Wildman–Crippen LogP) is 1.86. The molecule has 1 aliphatic heterocycles. The maximum absolute atomic E-state index is 12.2. The summed E-state index contributed by atoms with van der Waals surface area (Å²) in [6, 6.07) is 9.75. The maximum atomic E-state index is 12.2. The molecule has 2 aromatic carbocycles. The van der Waals surface area contributed by atoms with Gasteiger partial charge in [0.2, 0.25) is 11.8 Å². The van der Waals surface area contributed by atoms with Crippen LogP contribution in [0.4, 0.5) is 17.1 Å². The molecule has 1 heterocycles. The molecular formula is C20H18N4O7. The topological polar surface area (TPSA) is 148 Å². The molecule has 0 bridgehead atoms. The fourth-order valence-electron chi connectivity index (χ4n) is 2.79. The summed E-state index contributed by atoms with van der Waals surface area (Å²) < 4.78 is 4.97. The van der Waals surface area contributed by atoms with Gasteiger partial charge in [0.15, 0.2) is 6.61 Å². The van der Waals surface area contributed by atoms with Crippen LogP contribution in [0, 0.1) is 17.0 Å². The largest absolute Gasteiger partial charge is 0.452 e. The molecule has 11 heteroatoms. The van der Waals surface area contributed by atoms with E-state index >= 15 is 0 Å². The number of hydrogen-bond acceptors (Lipinski definition) is 7. The third-order valence-electron chi connectivity index (χ3n) is 4.45. The summed E-state index contributed by atoms with van der Waals surface area (Å²) >= 11 is 0. The van der Waals surface area contributed by atoms with E-state index in [9.17, 15) is 29.3 Å². The fraction of sp³-hybridized carbons (Fsp3) is 0.200. The quantitative estimate of drug-likeness (QED) is 0.407. The Labute approximate surface area is 176 Å². The lowest BCUT2D eigenvalue weighted by molar-refractivity contribution is -0.384. The number of nitrogens with one attached hydrogen (secondary N) is 2. The molecule has 2 N–H and O–H groups in total. The zero-order chi connectivity index (χ0) is 22.5. The van der Waals surface area contributed by atoms with Crippen molar-refractivity contribution in [1.29, 1.82) is 0 Å². The molecule has 0 saturated carbocycles. The van der Waals surface area contributed by atoms with Crippen molar-refractivity contribution in [3.05, 3.63) is 63.7 Å². The van der Waals surface area contributed by atoms with E-state index in [4.69, 9.17) is 4.74 Å². The number of rotatable bonds is 6. The molecule has 0 aliphatic carbocycles. The van der Waals surface area contributed by atoms with Gasteiger partial charge in [-0.15, -0.1) is 0 Å². The van der Waals surface area contributed by atoms with Gasteiger partial charge < -0.3 is 10.1 Å². The lowest BCUT2D eigenvalue weighted by atomic mass is 10.1. The van der Waals surface area contributed by atoms with E-state index in [1.165, 1.54) is 42.5 Å². The Morgan fingerprint density at radius 1 is 1.16 bits per heavy atom. The first-order valence-electron chi connectivity index (χ1n) is 9.19. The molecule has 1 fully saturated rings. The van der Waals surface area contributed by atoms with Crippen LogP contribution in [0.1, 0.15) is 28.8 Å². The third-order valence-corrected chi connectivity index (χ3v) is 4.45. The molecule has 0 atom stereocenters. The van der Waals surface area contributed by atoms with E-state index < -0.39 is 23.4 Å². The van der Waals surface area contributed by atoms with E-state index in [1.807, 2.05) is 0 Å². The second kappa shape index (κ2) is 9.03. The van der Waals surface area contributed by atoms with Crippen LogP contribution in [-0.4, -0.2) is 35.2 Å². The van der Waals surface area contributed by atoms with Crippen LogP contribution in [0.3, 0.4) is 0 Å². The van der Waals surface area contributed by atoms with Gasteiger partial charge in [0, 0.05) is 25.0 Å². The number of aryl methyl sites for hydroxylation is 1. The molecule has 1 aliphatic rings. The highest BCUT2D eigenvalue weighted by Crippen LogP contribution is 2.22. The number of anilines is 2. The number of nitrogens with zero attached hydrogens (tertiary/aromatic N) is 2. The molecule has 1 saturated heterocycles. The normalized spacial score (nSPS) is 13.4. The Morgan fingerprint density at radius 3 is 2.55 bits per heavy atom. The summed E-state index contributed by atoms with van der Waals surface area (Å²) in [5, 5.41) is 14.4. The van der Waals surface area contributed by atoms with E-state index in [0.29, 0.717) is 11.3 Å². The molecule has 11 nitrogen and oxygen atoms in total. The smallest absolute Gasteiger partial charge is 0.338 e. The Balaban J connectivity index is 1.57. The van der Waals surface area contributed by atoms with Gasteiger partial charge in [-0.2, -0.15) is 0 Å². The van der Waals surface area contributed by atoms with Crippen molar-refractivity contribution < 1.29 is 28.8 Å². The monoisotopic (exact) mass is 426 g/mol. The molecular weight excluding hydrogens is 408 g/mol. The second-order valence-corrected chi connectivity index (χ2v) is 6.69. The number of benzene rings is 2. The van der Waals surface area contributed by atoms with E-state index in [1.54, 1.807) is 6.92 Å². The molecule has 3 rings (SSSR count). The highest BCUT2D eigenvalue weighted by molar-refractivity contribution is 6.01. The number of carbonyl (C=O) groups is 4. The Hall–Kier alpha value is -4.28. The van der Waals surface area contributed by atoms with Crippen molar-refractivity contribution in [2.45, 2.75) is 19.8 Å². The summed E-state index contributed by atoms with van der Waals surface area (Å²) in [4.78, 5) is 57.9. The average Bonchev–Trinajstić information content (AvgIpc) is 2.75. The van der Waals surface area contributed by atoms with Gasteiger partial charge in [0.1, 0.15) is 0 Å². The van der Waals surface area contributed by atoms with Crippen molar-refractivity contribution in [1.82, 2.24) is 5.43 Å². The van der Waals surface area contributed by atoms with Crippen molar-refractivity contribution in [2.24, 2.45) is 0 Å². The number of nitro benzene ring substituents is 1. The van der Waals surface area contributed by atoms with Crippen LogP contribution < -0.4 is 15.8 Å². The zero-order valence-electron chi connectivity index (χ0n) is 16.4.